The molecule has 0 radical (unpaired) electrons. The second-order valence-corrected chi connectivity index (χ2v) is 11.4. The minimum atomic E-state index is -4.58. The summed E-state index contributed by atoms with van der Waals surface area (Å²) in [5, 5.41) is 13.6. The third kappa shape index (κ3) is 7.19. The summed E-state index contributed by atoms with van der Waals surface area (Å²) in [6, 6.07) is 24.8. The molecule has 0 aliphatic rings. The van der Waals surface area contributed by atoms with Gasteiger partial charge >= 0.3 is 6.18 Å². The summed E-state index contributed by atoms with van der Waals surface area (Å²) >= 11 is 6.42. The van der Waals surface area contributed by atoms with Crippen molar-refractivity contribution in [2.24, 2.45) is 0 Å². The number of H-pyrrole nitrogens is 1. The molecule has 4 N–H and O–H groups in total. The SMILES string of the molecule is Cc1nc(C(F)(F)F)ccc1C(=O)Nc1ccc(Cl)c(-c2nc3ccc(-n4cccc4)cc3[nH]2)c1.Nc1cc(-n2cccc2)ccc1[N+](=O)[O-]. The van der Waals surface area contributed by atoms with E-state index in [9.17, 15) is 28.1 Å². The van der Waals surface area contributed by atoms with Gasteiger partial charge in [-0.1, -0.05) is 11.6 Å². The number of aromatic amines is 1. The van der Waals surface area contributed by atoms with Crippen molar-refractivity contribution in [1.82, 2.24) is 24.1 Å². The number of rotatable bonds is 6. The van der Waals surface area contributed by atoms with Crippen molar-refractivity contribution in [3.8, 4) is 22.8 Å². The van der Waals surface area contributed by atoms with E-state index in [0.717, 1.165) is 34.5 Å². The lowest BCUT2D eigenvalue weighted by Crippen LogP contribution is -2.16. The molecule has 0 fully saturated rings. The number of pyridine rings is 1. The van der Waals surface area contributed by atoms with Gasteiger partial charge in [0, 0.05) is 53.5 Å². The van der Waals surface area contributed by atoms with Crippen molar-refractivity contribution in [3.05, 3.63) is 148 Å². The van der Waals surface area contributed by atoms with Crippen LogP contribution in [0.1, 0.15) is 21.7 Å². The highest BCUT2D eigenvalue weighted by Gasteiger charge is 2.33. The van der Waals surface area contributed by atoms with E-state index < -0.39 is 22.7 Å². The number of carbonyl (C=O) groups is 1. The Morgan fingerprint density at radius 3 is 2.14 bits per heavy atom. The summed E-state index contributed by atoms with van der Waals surface area (Å²) in [5.41, 5.74) is 8.93. The van der Waals surface area contributed by atoms with Crippen LogP contribution < -0.4 is 11.1 Å². The first-order valence-corrected chi connectivity index (χ1v) is 15.2. The van der Waals surface area contributed by atoms with Crippen LogP contribution >= 0.6 is 11.6 Å². The number of alkyl halides is 3. The molecule has 7 rings (SSSR count). The number of imidazole rings is 1. The van der Waals surface area contributed by atoms with Gasteiger partial charge < -0.3 is 25.2 Å². The number of fused-ring (bicyclic) bond motifs is 1. The number of benzene rings is 3. The number of aromatic nitrogens is 5. The van der Waals surface area contributed by atoms with Gasteiger partial charge in [0.15, 0.2) is 0 Å². The van der Waals surface area contributed by atoms with E-state index in [1.54, 1.807) is 30.3 Å². The molecule has 0 spiro atoms. The van der Waals surface area contributed by atoms with Crippen LogP contribution in [0.3, 0.4) is 0 Å². The lowest BCUT2D eigenvalue weighted by atomic mass is 10.1. The maximum atomic E-state index is 12.9. The number of nitrogens with zero attached hydrogens (tertiary/aromatic N) is 5. The Kier molecular flexibility index (Phi) is 9.11. The minimum absolute atomic E-state index is 0.0257. The number of nitrogens with one attached hydrogen (secondary N) is 2. The summed E-state index contributed by atoms with van der Waals surface area (Å²) in [6.07, 6.45) is 2.99. The topological polar surface area (TPSA) is 150 Å². The third-order valence-electron chi connectivity index (χ3n) is 7.58. The first-order chi connectivity index (χ1) is 23.9. The Morgan fingerprint density at radius 1 is 0.900 bits per heavy atom. The van der Waals surface area contributed by atoms with Gasteiger partial charge in [0.1, 0.15) is 17.2 Å². The monoisotopic (exact) mass is 698 g/mol. The van der Waals surface area contributed by atoms with Crippen molar-refractivity contribution < 1.29 is 22.9 Å². The van der Waals surface area contributed by atoms with Crippen LogP contribution in [0.15, 0.2) is 116 Å². The molecule has 0 atom stereocenters. The molecular formula is C35H26ClF3N8O3. The summed E-state index contributed by atoms with van der Waals surface area (Å²) in [6.45, 7) is 1.35. The van der Waals surface area contributed by atoms with Crippen LogP contribution in [0.4, 0.5) is 30.2 Å². The molecule has 0 aliphatic carbocycles. The molecule has 0 unspecified atom stereocenters. The molecule has 3 aromatic carbocycles. The number of halogens is 4. The van der Waals surface area contributed by atoms with Gasteiger partial charge in [-0.25, -0.2) is 9.97 Å². The normalized spacial score (nSPS) is 11.2. The summed E-state index contributed by atoms with van der Waals surface area (Å²) < 4.78 is 42.4. The number of hydrogen-bond donors (Lipinski definition) is 3. The van der Waals surface area contributed by atoms with E-state index in [0.29, 0.717) is 22.1 Å². The first kappa shape index (κ1) is 33.5. The Morgan fingerprint density at radius 2 is 1.54 bits per heavy atom. The molecule has 1 amide bonds. The number of carbonyl (C=O) groups excluding carboxylic acids is 1. The lowest BCUT2D eigenvalue weighted by molar-refractivity contribution is -0.383. The molecule has 0 bridgehead atoms. The Balaban J connectivity index is 0.000000240. The maximum absolute atomic E-state index is 12.9. The van der Waals surface area contributed by atoms with E-state index >= 15 is 0 Å². The van der Waals surface area contributed by atoms with Crippen molar-refractivity contribution >= 4 is 45.6 Å². The number of nitro benzene ring substituents is 1. The Hall–Kier alpha value is -6.41. The molecule has 4 heterocycles. The molecule has 252 valence electrons. The summed E-state index contributed by atoms with van der Waals surface area (Å²) in [5.74, 6) is -0.0731. The van der Waals surface area contributed by atoms with Gasteiger partial charge in [-0.3, -0.25) is 14.9 Å². The molecular weight excluding hydrogens is 673 g/mol. The van der Waals surface area contributed by atoms with E-state index in [-0.39, 0.29) is 22.6 Å². The predicted molar refractivity (Wildman–Crippen MR) is 185 cm³/mol. The van der Waals surface area contributed by atoms with E-state index in [1.165, 1.54) is 13.0 Å². The van der Waals surface area contributed by atoms with Crippen molar-refractivity contribution in [3.63, 3.8) is 0 Å². The highest BCUT2D eigenvalue weighted by Crippen LogP contribution is 2.32. The van der Waals surface area contributed by atoms with E-state index in [1.807, 2.05) is 76.4 Å². The van der Waals surface area contributed by atoms with Crippen molar-refractivity contribution in [2.75, 3.05) is 11.1 Å². The number of amides is 1. The second-order valence-electron chi connectivity index (χ2n) is 10.9. The molecule has 4 aromatic heterocycles. The summed E-state index contributed by atoms with van der Waals surface area (Å²) in [7, 11) is 0. The molecule has 7 aromatic rings. The van der Waals surface area contributed by atoms with Gasteiger partial charge in [-0.15, -0.1) is 0 Å². The fourth-order valence-electron chi connectivity index (χ4n) is 5.11. The largest absolute Gasteiger partial charge is 0.433 e. The molecule has 11 nitrogen and oxygen atoms in total. The zero-order valence-corrected chi connectivity index (χ0v) is 26.8. The van der Waals surface area contributed by atoms with Gasteiger partial charge in [0.05, 0.1) is 32.2 Å². The molecule has 0 saturated carbocycles. The van der Waals surface area contributed by atoms with Crippen LogP contribution in [0.2, 0.25) is 5.02 Å². The molecule has 15 heteroatoms. The van der Waals surface area contributed by atoms with E-state index in [2.05, 4.69) is 20.3 Å². The highest BCUT2D eigenvalue weighted by molar-refractivity contribution is 6.33. The average molecular weight is 699 g/mol. The Labute approximate surface area is 286 Å². The zero-order valence-electron chi connectivity index (χ0n) is 26.0. The predicted octanol–water partition coefficient (Wildman–Crippen LogP) is 8.62. The third-order valence-corrected chi connectivity index (χ3v) is 7.91. The average Bonchev–Trinajstić information content (AvgIpc) is 3.87. The smallest absolute Gasteiger partial charge is 0.393 e. The number of hydrogen-bond acceptors (Lipinski definition) is 6. The van der Waals surface area contributed by atoms with Crippen LogP contribution in [0.5, 0.6) is 0 Å². The minimum Gasteiger partial charge on any atom is -0.393 e. The maximum Gasteiger partial charge on any atom is 0.433 e. The highest BCUT2D eigenvalue weighted by atomic mass is 35.5. The number of nitrogen functional groups attached to an aromatic ring is 1. The number of nitrogens with two attached hydrogens (primary N) is 1. The van der Waals surface area contributed by atoms with E-state index in [4.69, 9.17) is 17.3 Å². The van der Waals surface area contributed by atoms with Crippen molar-refractivity contribution in [1.29, 1.82) is 0 Å². The lowest BCUT2D eigenvalue weighted by Gasteiger charge is -2.11. The quantitative estimate of drug-likeness (QED) is 0.0899. The molecule has 0 aliphatic heterocycles. The standard InChI is InChI=1S/C25H17ClF3N5O.C10H9N3O2/c1-14-17(6-9-22(30-14)25(27,28)29)24(35)31-15-4-7-19(26)18(12-15)23-32-20-8-5-16(13-21(20)33-23)34-10-2-3-11-34;11-9-7-8(12-5-1-2-6-12)3-4-10(9)13(14)15/h2-13H,1H3,(H,31,35)(H,32,33);1-7H,11H2. The van der Waals surface area contributed by atoms with Crippen LogP contribution in [-0.2, 0) is 6.18 Å². The summed E-state index contributed by atoms with van der Waals surface area (Å²) in [4.78, 5) is 34.2. The van der Waals surface area contributed by atoms with Crippen LogP contribution in [0, 0.1) is 17.0 Å². The Bertz CT molecular complexity index is 2340. The van der Waals surface area contributed by atoms with Crippen LogP contribution in [-0.4, -0.2) is 34.9 Å². The number of nitro groups is 1. The van der Waals surface area contributed by atoms with Gasteiger partial charge in [0.25, 0.3) is 11.6 Å². The first-order valence-electron chi connectivity index (χ1n) is 14.8. The van der Waals surface area contributed by atoms with Gasteiger partial charge in [0.2, 0.25) is 0 Å². The fourth-order valence-corrected chi connectivity index (χ4v) is 5.32. The van der Waals surface area contributed by atoms with Crippen LogP contribution in [0.25, 0.3) is 33.8 Å². The zero-order chi connectivity index (χ0) is 35.6. The van der Waals surface area contributed by atoms with Gasteiger partial charge in [-0.05, 0) is 91.9 Å². The van der Waals surface area contributed by atoms with Gasteiger partial charge in [-0.2, -0.15) is 13.2 Å². The van der Waals surface area contributed by atoms with Crippen molar-refractivity contribution in [2.45, 2.75) is 13.1 Å². The number of anilines is 2. The number of aryl methyl sites for hydroxylation is 1. The second kappa shape index (κ2) is 13.6. The molecule has 0 saturated heterocycles. The fraction of sp³-hybridized carbons (Fsp3) is 0.0571. The molecule has 50 heavy (non-hydrogen) atoms.